The normalized spacial score (nSPS) is 12.4. The molecular weight excluding hydrogens is 485 g/mol. The monoisotopic (exact) mass is 517 g/mol. The summed E-state index contributed by atoms with van der Waals surface area (Å²) in [5.74, 6) is 0.388. The second kappa shape index (κ2) is 10.6. The van der Waals surface area contributed by atoms with Crippen LogP contribution in [0.2, 0.25) is 0 Å². The first kappa shape index (κ1) is 26.8. The van der Waals surface area contributed by atoms with Gasteiger partial charge in [0.05, 0.1) is 11.7 Å². The zero-order valence-electron chi connectivity index (χ0n) is 22.6. The fourth-order valence-electron chi connectivity index (χ4n) is 3.94. The lowest BCUT2D eigenvalue weighted by Crippen LogP contribution is -2.27. The summed E-state index contributed by atoms with van der Waals surface area (Å²) < 4.78 is 19.5. The van der Waals surface area contributed by atoms with E-state index in [1.54, 1.807) is 18.2 Å². The largest absolute Gasteiger partial charge is 0.341 e. The van der Waals surface area contributed by atoms with Crippen molar-refractivity contribution in [3.63, 3.8) is 0 Å². The van der Waals surface area contributed by atoms with Gasteiger partial charge in [-0.25, -0.2) is 15.0 Å². The summed E-state index contributed by atoms with van der Waals surface area (Å²) >= 11 is 0. The molecule has 1 amide bonds. The van der Waals surface area contributed by atoms with Crippen molar-refractivity contribution in [3.05, 3.63) is 77.1 Å². The fraction of sp³-hybridized carbons (Fsp3) is 0.357. The molecule has 0 aliphatic carbocycles. The Morgan fingerprint density at radius 1 is 0.974 bits per heavy atom. The Balaban J connectivity index is 1.48. The van der Waals surface area contributed by atoms with E-state index < -0.39 is 11.9 Å². The van der Waals surface area contributed by atoms with Crippen molar-refractivity contribution in [2.24, 2.45) is 0 Å². The van der Waals surface area contributed by atoms with E-state index >= 15 is 0 Å². The molecule has 198 valence electrons. The number of aryl methyl sites for hydroxylation is 1. The third-order valence-electron chi connectivity index (χ3n) is 6.09. The van der Waals surface area contributed by atoms with Crippen LogP contribution in [-0.2, 0) is 5.41 Å². The minimum absolute atomic E-state index is 0.0459. The Bertz CT molecular complexity index is 1460. The summed E-state index contributed by atoms with van der Waals surface area (Å²) in [6.45, 7) is 13.5. The highest BCUT2D eigenvalue weighted by atomic mass is 19.1. The van der Waals surface area contributed by atoms with E-state index in [1.165, 1.54) is 6.33 Å². The standard InChI is InChI=1S/C28H32FN7O2/c1-15(2)19-10-11-22(34-24(19)29)33-23-13-21(30-14-31-23)18-8-9-20(16(3)12-18)17(4)32-25(37)26-35-27(36-38-26)28(5,6)7/h8-15,17H,1-7H3,(H,32,37)(H,30,31,33,34)/t17-/m1/s1. The number of hydrogen-bond acceptors (Lipinski definition) is 8. The number of pyridine rings is 1. The minimum atomic E-state index is -0.500. The Morgan fingerprint density at radius 2 is 1.71 bits per heavy atom. The number of rotatable bonds is 7. The highest BCUT2D eigenvalue weighted by molar-refractivity contribution is 5.89. The molecule has 0 aliphatic rings. The number of carbonyl (C=O) groups excluding carboxylic acids is 1. The highest BCUT2D eigenvalue weighted by Crippen LogP contribution is 2.27. The number of amides is 1. The van der Waals surface area contributed by atoms with Gasteiger partial charge in [0, 0.05) is 22.6 Å². The third kappa shape index (κ3) is 6.01. The Kier molecular flexibility index (Phi) is 7.52. The summed E-state index contributed by atoms with van der Waals surface area (Å²) in [5.41, 5.74) is 3.71. The van der Waals surface area contributed by atoms with Gasteiger partial charge < -0.3 is 15.2 Å². The molecule has 0 saturated carbocycles. The van der Waals surface area contributed by atoms with Crippen LogP contribution in [0.25, 0.3) is 11.3 Å². The van der Waals surface area contributed by atoms with Crippen LogP contribution in [0, 0.1) is 12.9 Å². The second-order valence-electron chi connectivity index (χ2n) is 10.6. The molecule has 0 unspecified atom stereocenters. The first-order chi connectivity index (χ1) is 17.9. The van der Waals surface area contributed by atoms with Crippen LogP contribution in [0.3, 0.4) is 0 Å². The van der Waals surface area contributed by atoms with Gasteiger partial charge in [-0.2, -0.15) is 9.37 Å². The van der Waals surface area contributed by atoms with Gasteiger partial charge in [-0.05, 0) is 43.0 Å². The van der Waals surface area contributed by atoms with Crippen LogP contribution in [-0.4, -0.2) is 31.0 Å². The molecular formula is C28H32FN7O2. The molecule has 0 radical (unpaired) electrons. The number of hydrogen-bond donors (Lipinski definition) is 2. The molecule has 1 aromatic carbocycles. The number of benzene rings is 1. The van der Waals surface area contributed by atoms with Crippen LogP contribution in [0.4, 0.5) is 16.0 Å². The molecule has 1 atom stereocenters. The van der Waals surface area contributed by atoms with Crippen molar-refractivity contribution in [2.45, 2.75) is 65.8 Å². The molecule has 3 aromatic heterocycles. The maximum absolute atomic E-state index is 14.3. The lowest BCUT2D eigenvalue weighted by Gasteiger charge is -2.16. The van der Waals surface area contributed by atoms with Gasteiger partial charge in [0.2, 0.25) is 5.95 Å². The molecule has 0 fully saturated rings. The van der Waals surface area contributed by atoms with E-state index in [-0.39, 0.29) is 23.3 Å². The van der Waals surface area contributed by atoms with Gasteiger partial charge in [-0.15, -0.1) is 0 Å². The maximum atomic E-state index is 14.3. The number of nitrogens with one attached hydrogen (secondary N) is 2. The smallest absolute Gasteiger partial charge is 0.315 e. The van der Waals surface area contributed by atoms with E-state index in [0.717, 1.165) is 16.7 Å². The minimum Gasteiger partial charge on any atom is -0.341 e. The molecule has 3 heterocycles. The zero-order chi connectivity index (χ0) is 27.6. The van der Waals surface area contributed by atoms with Crippen molar-refractivity contribution < 1.29 is 13.7 Å². The second-order valence-corrected chi connectivity index (χ2v) is 10.6. The Morgan fingerprint density at radius 3 is 2.34 bits per heavy atom. The predicted molar refractivity (Wildman–Crippen MR) is 143 cm³/mol. The maximum Gasteiger partial charge on any atom is 0.315 e. The number of anilines is 2. The molecule has 0 bridgehead atoms. The van der Waals surface area contributed by atoms with Gasteiger partial charge in [-0.1, -0.05) is 58.0 Å². The predicted octanol–water partition coefficient (Wildman–Crippen LogP) is 6.02. The van der Waals surface area contributed by atoms with Crippen molar-refractivity contribution in [1.82, 2.24) is 30.4 Å². The van der Waals surface area contributed by atoms with Crippen LogP contribution in [0.5, 0.6) is 0 Å². The topological polar surface area (TPSA) is 119 Å². The highest BCUT2D eigenvalue weighted by Gasteiger charge is 2.25. The number of nitrogens with zero attached hydrogens (tertiary/aromatic N) is 5. The van der Waals surface area contributed by atoms with Crippen molar-refractivity contribution in [1.29, 1.82) is 0 Å². The lowest BCUT2D eigenvalue weighted by molar-refractivity contribution is 0.0895. The summed E-state index contributed by atoms with van der Waals surface area (Å²) in [5, 5.41) is 9.88. The van der Waals surface area contributed by atoms with E-state index in [2.05, 4.69) is 35.7 Å². The van der Waals surface area contributed by atoms with Crippen LogP contribution >= 0.6 is 0 Å². The lowest BCUT2D eigenvalue weighted by atomic mass is 9.96. The molecule has 0 aliphatic heterocycles. The Hall–Kier alpha value is -4.21. The number of carbonyl (C=O) groups is 1. The van der Waals surface area contributed by atoms with Gasteiger partial charge >= 0.3 is 11.8 Å². The molecule has 0 saturated heterocycles. The van der Waals surface area contributed by atoms with E-state index in [9.17, 15) is 9.18 Å². The van der Waals surface area contributed by atoms with E-state index in [0.29, 0.717) is 28.7 Å². The van der Waals surface area contributed by atoms with Gasteiger partial charge in [0.25, 0.3) is 0 Å². The number of aromatic nitrogens is 5. The van der Waals surface area contributed by atoms with Crippen molar-refractivity contribution in [3.8, 4) is 11.3 Å². The molecule has 2 N–H and O–H groups in total. The molecule has 4 rings (SSSR count). The average molecular weight is 518 g/mol. The summed E-state index contributed by atoms with van der Waals surface area (Å²) in [7, 11) is 0. The summed E-state index contributed by atoms with van der Waals surface area (Å²) in [6.07, 6.45) is 1.44. The van der Waals surface area contributed by atoms with Gasteiger partial charge in [0.1, 0.15) is 18.0 Å². The van der Waals surface area contributed by atoms with Crippen LogP contribution < -0.4 is 10.6 Å². The van der Waals surface area contributed by atoms with Crippen LogP contribution in [0.1, 0.15) is 86.7 Å². The molecule has 9 nitrogen and oxygen atoms in total. The SMILES string of the molecule is Cc1cc(-c2cc(Nc3ccc(C(C)C)c(F)n3)ncn2)ccc1[C@@H](C)NC(=O)c1nc(C(C)(C)C)no1. The fourth-order valence-corrected chi connectivity index (χ4v) is 3.94. The first-order valence-electron chi connectivity index (χ1n) is 12.4. The molecule has 38 heavy (non-hydrogen) atoms. The molecule has 10 heteroatoms. The summed E-state index contributed by atoms with van der Waals surface area (Å²) in [4.78, 5) is 29.5. The molecule has 4 aromatic rings. The Labute approximate surface area is 221 Å². The van der Waals surface area contributed by atoms with Gasteiger partial charge in [0.15, 0.2) is 5.82 Å². The van der Waals surface area contributed by atoms with Gasteiger partial charge in [-0.3, -0.25) is 4.79 Å². The first-order valence-corrected chi connectivity index (χ1v) is 12.4. The average Bonchev–Trinajstić information content (AvgIpc) is 3.35. The number of halogens is 1. The zero-order valence-corrected chi connectivity index (χ0v) is 22.6. The van der Waals surface area contributed by atoms with E-state index in [1.807, 2.05) is 66.7 Å². The van der Waals surface area contributed by atoms with E-state index in [4.69, 9.17) is 4.52 Å². The van der Waals surface area contributed by atoms with Crippen LogP contribution in [0.15, 0.2) is 47.2 Å². The molecule has 0 spiro atoms. The van der Waals surface area contributed by atoms with Crippen molar-refractivity contribution >= 4 is 17.5 Å². The third-order valence-corrected chi connectivity index (χ3v) is 6.09. The van der Waals surface area contributed by atoms with Crippen molar-refractivity contribution in [2.75, 3.05) is 5.32 Å². The summed E-state index contributed by atoms with van der Waals surface area (Å²) in [6, 6.07) is 10.8. The quantitative estimate of drug-likeness (QED) is 0.286.